The molecule has 20 heavy (non-hydrogen) atoms. The van der Waals surface area contributed by atoms with Crippen molar-refractivity contribution in [3.63, 3.8) is 0 Å². The van der Waals surface area contributed by atoms with Gasteiger partial charge in [0.2, 0.25) is 5.91 Å². The van der Waals surface area contributed by atoms with Gasteiger partial charge in [-0.1, -0.05) is 12.8 Å². The molecule has 1 fully saturated rings. The standard InChI is InChI=1S/C14H23N3O2S/c15-14-17-11(10-20-14)6-7-13(18)16-8-3-9-19-12-4-1-2-5-12/h10,12H,1-9H2,(H2,15,17)(H,16,18). The van der Waals surface area contributed by atoms with E-state index in [1.165, 1.54) is 37.0 Å². The van der Waals surface area contributed by atoms with Crippen molar-refractivity contribution in [1.29, 1.82) is 0 Å². The Hall–Kier alpha value is -1.14. The lowest BCUT2D eigenvalue weighted by molar-refractivity contribution is -0.121. The van der Waals surface area contributed by atoms with E-state index in [2.05, 4.69) is 10.3 Å². The number of hydrogen-bond donors (Lipinski definition) is 2. The van der Waals surface area contributed by atoms with Gasteiger partial charge in [-0.25, -0.2) is 4.98 Å². The van der Waals surface area contributed by atoms with Gasteiger partial charge < -0.3 is 15.8 Å². The highest BCUT2D eigenvalue weighted by Crippen LogP contribution is 2.20. The first-order valence-electron chi connectivity index (χ1n) is 7.32. The number of nitrogen functional groups attached to an aromatic ring is 1. The number of nitrogens with one attached hydrogen (secondary N) is 1. The van der Waals surface area contributed by atoms with Gasteiger partial charge in [-0.2, -0.15) is 0 Å². The van der Waals surface area contributed by atoms with Crippen LogP contribution in [-0.4, -0.2) is 30.1 Å². The molecule has 112 valence electrons. The molecule has 0 aromatic carbocycles. The molecule has 0 radical (unpaired) electrons. The summed E-state index contributed by atoms with van der Waals surface area (Å²) < 4.78 is 5.74. The van der Waals surface area contributed by atoms with Crippen LogP contribution < -0.4 is 11.1 Å². The van der Waals surface area contributed by atoms with Gasteiger partial charge in [0.05, 0.1) is 11.8 Å². The van der Waals surface area contributed by atoms with Crippen LogP contribution in [0.25, 0.3) is 0 Å². The quantitative estimate of drug-likeness (QED) is 0.721. The molecule has 1 heterocycles. The third-order valence-corrected chi connectivity index (χ3v) is 4.20. The number of aryl methyl sites for hydroxylation is 1. The molecule has 1 aliphatic carbocycles. The molecular formula is C14H23N3O2S. The fraction of sp³-hybridized carbons (Fsp3) is 0.714. The molecule has 0 atom stereocenters. The molecule has 0 aliphatic heterocycles. The lowest BCUT2D eigenvalue weighted by Crippen LogP contribution is -2.26. The number of thiazole rings is 1. The van der Waals surface area contributed by atoms with Crippen molar-refractivity contribution in [2.75, 3.05) is 18.9 Å². The van der Waals surface area contributed by atoms with Crippen molar-refractivity contribution in [2.45, 2.75) is 51.0 Å². The molecule has 0 bridgehead atoms. The van der Waals surface area contributed by atoms with Crippen molar-refractivity contribution >= 4 is 22.4 Å². The highest BCUT2D eigenvalue weighted by Gasteiger charge is 2.14. The molecule has 0 saturated heterocycles. The van der Waals surface area contributed by atoms with Crippen LogP contribution in [0.2, 0.25) is 0 Å². The summed E-state index contributed by atoms with van der Waals surface area (Å²) in [5.74, 6) is 0.0671. The molecule has 1 aliphatic rings. The molecule has 0 spiro atoms. The van der Waals surface area contributed by atoms with Gasteiger partial charge in [-0.15, -0.1) is 11.3 Å². The molecule has 1 aromatic rings. The number of anilines is 1. The second kappa shape index (κ2) is 8.21. The summed E-state index contributed by atoms with van der Waals surface area (Å²) in [6.07, 6.45) is 7.44. The minimum absolute atomic E-state index is 0.0671. The van der Waals surface area contributed by atoms with Crippen molar-refractivity contribution < 1.29 is 9.53 Å². The van der Waals surface area contributed by atoms with Gasteiger partial charge >= 0.3 is 0 Å². The van der Waals surface area contributed by atoms with E-state index in [-0.39, 0.29) is 5.91 Å². The van der Waals surface area contributed by atoms with E-state index in [1.807, 2.05) is 5.38 Å². The Labute approximate surface area is 123 Å². The third-order valence-electron chi connectivity index (χ3n) is 3.48. The Morgan fingerprint density at radius 1 is 1.50 bits per heavy atom. The summed E-state index contributed by atoms with van der Waals surface area (Å²) in [6, 6.07) is 0. The van der Waals surface area contributed by atoms with Crippen molar-refractivity contribution in [1.82, 2.24) is 10.3 Å². The summed E-state index contributed by atoms with van der Waals surface area (Å²) >= 11 is 1.41. The second-order valence-corrected chi connectivity index (χ2v) is 6.05. The lowest BCUT2D eigenvalue weighted by Gasteiger charge is -2.11. The maximum Gasteiger partial charge on any atom is 0.220 e. The summed E-state index contributed by atoms with van der Waals surface area (Å²) in [7, 11) is 0. The summed E-state index contributed by atoms with van der Waals surface area (Å²) in [6.45, 7) is 1.43. The first-order valence-corrected chi connectivity index (χ1v) is 8.20. The Morgan fingerprint density at radius 2 is 2.30 bits per heavy atom. The number of rotatable bonds is 8. The molecule has 1 amide bonds. The monoisotopic (exact) mass is 297 g/mol. The van der Waals surface area contributed by atoms with E-state index in [9.17, 15) is 4.79 Å². The first kappa shape index (κ1) is 15.3. The largest absolute Gasteiger partial charge is 0.378 e. The second-order valence-electron chi connectivity index (χ2n) is 5.16. The van der Waals surface area contributed by atoms with Crippen LogP contribution in [-0.2, 0) is 16.0 Å². The molecule has 6 heteroatoms. The predicted molar refractivity (Wildman–Crippen MR) is 80.7 cm³/mol. The van der Waals surface area contributed by atoms with Gasteiger partial charge in [0.15, 0.2) is 5.13 Å². The number of amides is 1. The van der Waals surface area contributed by atoms with Crippen LogP contribution in [0, 0.1) is 0 Å². The van der Waals surface area contributed by atoms with Crippen LogP contribution in [0.3, 0.4) is 0 Å². The molecule has 1 aromatic heterocycles. The molecular weight excluding hydrogens is 274 g/mol. The number of ether oxygens (including phenoxy) is 1. The fourth-order valence-electron chi connectivity index (χ4n) is 2.37. The summed E-state index contributed by atoms with van der Waals surface area (Å²) in [5, 5.41) is 5.37. The summed E-state index contributed by atoms with van der Waals surface area (Å²) in [4.78, 5) is 15.8. The Balaban J connectivity index is 1.47. The van der Waals surface area contributed by atoms with E-state index in [0.29, 0.717) is 30.6 Å². The van der Waals surface area contributed by atoms with E-state index < -0.39 is 0 Å². The zero-order valence-electron chi connectivity index (χ0n) is 11.8. The van der Waals surface area contributed by atoms with E-state index >= 15 is 0 Å². The number of nitrogens with two attached hydrogens (primary N) is 1. The Morgan fingerprint density at radius 3 is 3.00 bits per heavy atom. The van der Waals surface area contributed by atoms with Gasteiger partial charge in [0.25, 0.3) is 0 Å². The van der Waals surface area contributed by atoms with Crippen LogP contribution in [0.1, 0.15) is 44.2 Å². The molecule has 1 saturated carbocycles. The smallest absolute Gasteiger partial charge is 0.220 e. The Bertz CT molecular complexity index is 416. The van der Waals surface area contributed by atoms with Crippen LogP contribution in [0.15, 0.2) is 5.38 Å². The number of carbonyl (C=O) groups excluding carboxylic acids is 1. The average molecular weight is 297 g/mol. The molecule has 0 unspecified atom stereocenters. The maximum atomic E-state index is 11.6. The van der Waals surface area contributed by atoms with Gasteiger partial charge in [-0.3, -0.25) is 4.79 Å². The zero-order valence-corrected chi connectivity index (χ0v) is 12.6. The van der Waals surface area contributed by atoms with Crippen LogP contribution in [0.5, 0.6) is 0 Å². The molecule has 3 N–H and O–H groups in total. The van der Waals surface area contributed by atoms with E-state index in [0.717, 1.165) is 18.7 Å². The SMILES string of the molecule is Nc1nc(CCC(=O)NCCCOC2CCCC2)cs1. The highest BCUT2D eigenvalue weighted by molar-refractivity contribution is 7.13. The number of hydrogen-bond acceptors (Lipinski definition) is 5. The van der Waals surface area contributed by atoms with Crippen LogP contribution in [0.4, 0.5) is 5.13 Å². The molecule has 5 nitrogen and oxygen atoms in total. The van der Waals surface area contributed by atoms with Crippen LogP contribution >= 0.6 is 11.3 Å². The topological polar surface area (TPSA) is 77.2 Å². The van der Waals surface area contributed by atoms with E-state index in [4.69, 9.17) is 10.5 Å². The third kappa shape index (κ3) is 5.46. The fourth-order valence-corrected chi connectivity index (χ4v) is 2.97. The Kier molecular flexibility index (Phi) is 6.26. The van der Waals surface area contributed by atoms with E-state index in [1.54, 1.807) is 0 Å². The minimum atomic E-state index is 0.0671. The van der Waals surface area contributed by atoms with Crippen molar-refractivity contribution in [3.05, 3.63) is 11.1 Å². The maximum absolute atomic E-state index is 11.6. The zero-order chi connectivity index (χ0) is 14.2. The number of nitrogens with zero attached hydrogens (tertiary/aromatic N) is 1. The average Bonchev–Trinajstić information content (AvgIpc) is 3.07. The summed E-state index contributed by atoms with van der Waals surface area (Å²) in [5.41, 5.74) is 6.44. The number of aromatic nitrogens is 1. The normalized spacial score (nSPS) is 15.6. The molecule has 2 rings (SSSR count). The van der Waals surface area contributed by atoms with Gasteiger partial charge in [-0.05, 0) is 25.7 Å². The lowest BCUT2D eigenvalue weighted by atomic mass is 10.2. The predicted octanol–water partition coefficient (Wildman–Crippen LogP) is 2.12. The van der Waals surface area contributed by atoms with Gasteiger partial charge in [0.1, 0.15) is 0 Å². The highest BCUT2D eigenvalue weighted by atomic mass is 32.1. The minimum Gasteiger partial charge on any atom is -0.378 e. The first-order chi connectivity index (χ1) is 9.74. The number of carbonyl (C=O) groups is 1. The van der Waals surface area contributed by atoms with Crippen molar-refractivity contribution in [3.8, 4) is 0 Å². The van der Waals surface area contributed by atoms with Crippen molar-refractivity contribution in [2.24, 2.45) is 0 Å². The van der Waals surface area contributed by atoms with Gasteiger partial charge in [0, 0.05) is 25.0 Å².